The normalized spacial score (nSPS) is 16.4. The number of para-hydroxylation sites is 1. The molecule has 19 heavy (non-hydrogen) atoms. The highest BCUT2D eigenvalue weighted by atomic mass is 32.1. The number of rotatable bonds is 6. The summed E-state index contributed by atoms with van der Waals surface area (Å²) in [5, 5.41) is 4.70. The van der Waals surface area contributed by atoms with Crippen molar-refractivity contribution in [3.8, 4) is 0 Å². The Balaban J connectivity index is 1.39. The second-order valence-corrected chi connectivity index (χ2v) is 6.27. The summed E-state index contributed by atoms with van der Waals surface area (Å²) in [7, 11) is 0. The van der Waals surface area contributed by atoms with E-state index in [1.807, 2.05) is 0 Å². The van der Waals surface area contributed by atoms with Gasteiger partial charge in [0.15, 0.2) is 0 Å². The molecule has 0 saturated carbocycles. The first-order valence-corrected chi connectivity index (χ1v) is 8.01. The van der Waals surface area contributed by atoms with Crippen LogP contribution in [-0.4, -0.2) is 36.1 Å². The van der Waals surface area contributed by atoms with Crippen LogP contribution in [0.2, 0.25) is 0 Å². The third-order valence-electron chi connectivity index (χ3n) is 3.64. The zero-order valence-electron chi connectivity index (χ0n) is 11.3. The molecule has 3 rings (SSSR count). The average molecular weight is 275 g/mol. The van der Waals surface area contributed by atoms with Crippen LogP contribution in [0.1, 0.15) is 24.3 Å². The van der Waals surface area contributed by atoms with Gasteiger partial charge in [-0.2, -0.15) is 0 Å². The summed E-state index contributed by atoms with van der Waals surface area (Å²) >= 11 is 1.80. The van der Waals surface area contributed by atoms with Crippen LogP contribution in [0.5, 0.6) is 0 Å². The number of aromatic nitrogens is 1. The summed E-state index contributed by atoms with van der Waals surface area (Å²) in [5.74, 6) is 0. The Kier molecular flexibility index (Phi) is 4.43. The molecule has 1 fully saturated rings. The van der Waals surface area contributed by atoms with Crippen molar-refractivity contribution in [3.63, 3.8) is 0 Å². The van der Waals surface area contributed by atoms with Gasteiger partial charge in [0, 0.05) is 6.54 Å². The lowest BCUT2D eigenvalue weighted by Crippen LogP contribution is -2.24. The van der Waals surface area contributed by atoms with Crippen molar-refractivity contribution in [1.29, 1.82) is 0 Å². The van der Waals surface area contributed by atoms with E-state index in [2.05, 4.69) is 39.5 Å². The Bertz CT molecular complexity index is 484. The molecule has 4 heteroatoms. The number of nitrogens with one attached hydrogen (secondary N) is 1. The van der Waals surface area contributed by atoms with Crippen LogP contribution in [0.4, 0.5) is 0 Å². The number of hydrogen-bond donors (Lipinski definition) is 1. The van der Waals surface area contributed by atoms with E-state index in [0.29, 0.717) is 0 Å². The van der Waals surface area contributed by atoms with E-state index in [1.165, 1.54) is 48.6 Å². The average Bonchev–Trinajstić information content (AvgIpc) is 3.06. The molecule has 2 aromatic rings. The molecule has 0 radical (unpaired) electrons. The molecule has 102 valence electrons. The molecule has 2 heterocycles. The van der Waals surface area contributed by atoms with Crippen molar-refractivity contribution in [2.75, 3.05) is 26.2 Å². The number of nitrogens with zero attached hydrogens (tertiary/aromatic N) is 2. The SMILES string of the molecule is c1ccc2sc(CNCCCN3CCCC3)nc2c1. The fourth-order valence-corrected chi connectivity index (χ4v) is 3.56. The first-order valence-electron chi connectivity index (χ1n) is 7.19. The van der Waals surface area contributed by atoms with Crippen LogP contribution < -0.4 is 5.32 Å². The number of thiazole rings is 1. The van der Waals surface area contributed by atoms with Gasteiger partial charge >= 0.3 is 0 Å². The maximum absolute atomic E-state index is 4.63. The smallest absolute Gasteiger partial charge is 0.108 e. The molecule has 0 aliphatic carbocycles. The summed E-state index contributed by atoms with van der Waals surface area (Å²) in [6.07, 6.45) is 4.02. The Morgan fingerprint density at radius 2 is 2.05 bits per heavy atom. The largest absolute Gasteiger partial charge is 0.310 e. The molecule has 0 bridgehead atoms. The maximum atomic E-state index is 4.63. The standard InChI is InChI=1S/C15H21N3S/c1-2-7-14-13(6-1)17-15(19-14)12-16-8-5-11-18-9-3-4-10-18/h1-2,6-7,16H,3-5,8-12H2. The predicted molar refractivity (Wildman–Crippen MR) is 81.6 cm³/mol. The van der Waals surface area contributed by atoms with Crippen molar-refractivity contribution < 1.29 is 0 Å². The molecule has 1 aliphatic rings. The molecule has 3 nitrogen and oxygen atoms in total. The van der Waals surface area contributed by atoms with Crippen LogP contribution in [0, 0.1) is 0 Å². The van der Waals surface area contributed by atoms with E-state index in [9.17, 15) is 0 Å². The van der Waals surface area contributed by atoms with Gasteiger partial charge in [0.2, 0.25) is 0 Å². The van der Waals surface area contributed by atoms with E-state index in [4.69, 9.17) is 0 Å². The lowest BCUT2D eigenvalue weighted by Gasteiger charge is -2.13. The first kappa shape index (κ1) is 13.0. The second kappa shape index (κ2) is 6.46. The summed E-state index contributed by atoms with van der Waals surface area (Å²) in [6.45, 7) is 5.84. The lowest BCUT2D eigenvalue weighted by atomic mass is 10.3. The minimum Gasteiger partial charge on any atom is -0.310 e. The summed E-state index contributed by atoms with van der Waals surface area (Å²) in [4.78, 5) is 7.20. The van der Waals surface area contributed by atoms with Crippen molar-refractivity contribution in [2.45, 2.75) is 25.8 Å². The molecular formula is C15H21N3S. The van der Waals surface area contributed by atoms with Gasteiger partial charge < -0.3 is 10.2 Å². The number of likely N-dealkylation sites (tertiary alicyclic amines) is 1. The highest BCUT2D eigenvalue weighted by molar-refractivity contribution is 7.18. The van der Waals surface area contributed by atoms with Gasteiger partial charge in [-0.1, -0.05) is 12.1 Å². The number of benzene rings is 1. The van der Waals surface area contributed by atoms with E-state index < -0.39 is 0 Å². The van der Waals surface area contributed by atoms with Crippen molar-refractivity contribution in [2.24, 2.45) is 0 Å². The first-order chi connectivity index (χ1) is 9.42. The van der Waals surface area contributed by atoms with Gasteiger partial charge in [-0.05, 0) is 57.6 Å². The topological polar surface area (TPSA) is 28.2 Å². The molecule has 0 amide bonds. The summed E-state index contributed by atoms with van der Waals surface area (Å²) in [6, 6.07) is 8.36. The molecule has 1 aliphatic heterocycles. The van der Waals surface area contributed by atoms with Crippen molar-refractivity contribution >= 4 is 21.6 Å². The third kappa shape index (κ3) is 3.53. The minimum atomic E-state index is 0.902. The Hall–Kier alpha value is -0.970. The fraction of sp³-hybridized carbons (Fsp3) is 0.533. The Morgan fingerprint density at radius 3 is 2.89 bits per heavy atom. The summed E-state index contributed by atoms with van der Waals surface area (Å²) < 4.78 is 1.29. The number of fused-ring (bicyclic) bond motifs is 1. The predicted octanol–water partition coefficient (Wildman–Crippen LogP) is 2.87. The molecule has 1 N–H and O–H groups in total. The number of hydrogen-bond acceptors (Lipinski definition) is 4. The molecule has 1 aromatic heterocycles. The summed E-state index contributed by atoms with van der Waals surface area (Å²) in [5.41, 5.74) is 1.13. The highest BCUT2D eigenvalue weighted by Gasteiger charge is 2.10. The molecule has 1 saturated heterocycles. The molecular weight excluding hydrogens is 254 g/mol. The molecule has 0 unspecified atom stereocenters. The quantitative estimate of drug-likeness (QED) is 0.822. The monoisotopic (exact) mass is 275 g/mol. The van der Waals surface area contributed by atoms with E-state index >= 15 is 0 Å². The third-order valence-corrected chi connectivity index (χ3v) is 4.68. The Labute approximate surface area is 118 Å². The van der Waals surface area contributed by atoms with Gasteiger partial charge in [0.05, 0.1) is 10.2 Å². The van der Waals surface area contributed by atoms with Crippen molar-refractivity contribution in [3.05, 3.63) is 29.3 Å². The zero-order chi connectivity index (χ0) is 12.9. The maximum Gasteiger partial charge on any atom is 0.108 e. The van der Waals surface area contributed by atoms with Gasteiger partial charge in [0.25, 0.3) is 0 Å². The van der Waals surface area contributed by atoms with Crippen LogP contribution in [0.15, 0.2) is 24.3 Å². The second-order valence-electron chi connectivity index (χ2n) is 5.15. The lowest BCUT2D eigenvalue weighted by molar-refractivity contribution is 0.331. The molecule has 1 aromatic carbocycles. The van der Waals surface area contributed by atoms with E-state index in [-0.39, 0.29) is 0 Å². The Morgan fingerprint density at radius 1 is 1.21 bits per heavy atom. The van der Waals surface area contributed by atoms with Crippen LogP contribution in [0.3, 0.4) is 0 Å². The molecule has 0 spiro atoms. The van der Waals surface area contributed by atoms with Gasteiger partial charge in [-0.25, -0.2) is 4.98 Å². The van der Waals surface area contributed by atoms with Gasteiger partial charge in [-0.3, -0.25) is 0 Å². The minimum absolute atomic E-state index is 0.902. The van der Waals surface area contributed by atoms with Crippen LogP contribution >= 0.6 is 11.3 Å². The zero-order valence-corrected chi connectivity index (χ0v) is 12.1. The van der Waals surface area contributed by atoms with Crippen molar-refractivity contribution in [1.82, 2.24) is 15.2 Å². The van der Waals surface area contributed by atoms with E-state index in [1.54, 1.807) is 11.3 Å². The van der Waals surface area contributed by atoms with Gasteiger partial charge in [0.1, 0.15) is 5.01 Å². The van der Waals surface area contributed by atoms with E-state index in [0.717, 1.165) is 18.6 Å². The van der Waals surface area contributed by atoms with Crippen LogP contribution in [0.25, 0.3) is 10.2 Å². The molecule has 0 atom stereocenters. The fourth-order valence-electron chi connectivity index (χ4n) is 2.62. The van der Waals surface area contributed by atoms with Gasteiger partial charge in [-0.15, -0.1) is 11.3 Å². The van der Waals surface area contributed by atoms with Crippen LogP contribution in [-0.2, 0) is 6.54 Å². The highest BCUT2D eigenvalue weighted by Crippen LogP contribution is 2.21.